The van der Waals surface area contributed by atoms with Crippen LogP contribution >= 0.6 is 11.8 Å². The van der Waals surface area contributed by atoms with E-state index >= 15 is 0 Å². The largest absolute Gasteiger partial charge is 0.244 e. The maximum Gasteiger partial charge on any atom is 0.121 e. The quantitative estimate of drug-likeness (QED) is 0.806. The van der Waals surface area contributed by atoms with E-state index in [1.807, 2.05) is 11.8 Å². The molecule has 0 amide bonds. The van der Waals surface area contributed by atoms with Crippen molar-refractivity contribution in [2.24, 2.45) is 5.92 Å². The zero-order valence-electron chi connectivity index (χ0n) is 10.4. The van der Waals surface area contributed by atoms with Gasteiger partial charge >= 0.3 is 0 Å². The first kappa shape index (κ1) is 12.0. The molecule has 0 bridgehead atoms. The van der Waals surface area contributed by atoms with Gasteiger partial charge in [0.05, 0.1) is 5.25 Å². The smallest absolute Gasteiger partial charge is 0.121 e. The van der Waals surface area contributed by atoms with Crippen molar-refractivity contribution in [3.05, 3.63) is 11.4 Å². The summed E-state index contributed by atoms with van der Waals surface area (Å²) in [6.45, 7) is 8.96. The standard InChI is InChI=1S/C12H20N2OS/c1-7(2)9-5-6-10(16-8(3)4)12-11(9)13-15-14-12/h7-10H,5-6H2,1-4H3. The van der Waals surface area contributed by atoms with Gasteiger partial charge in [0, 0.05) is 5.92 Å². The second kappa shape index (κ2) is 4.78. The fraction of sp³-hybridized carbons (Fsp3) is 0.833. The Kier molecular flexibility index (Phi) is 3.57. The van der Waals surface area contributed by atoms with Crippen LogP contribution in [0.25, 0.3) is 0 Å². The van der Waals surface area contributed by atoms with Crippen molar-refractivity contribution < 1.29 is 4.63 Å². The second-order valence-electron chi connectivity index (χ2n) is 5.14. The van der Waals surface area contributed by atoms with Crippen LogP contribution < -0.4 is 0 Å². The molecule has 1 heterocycles. The third kappa shape index (κ3) is 2.26. The number of thioether (sulfide) groups is 1. The Morgan fingerprint density at radius 2 is 1.81 bits per heavy atom. The van der Waals surface area contributed by atoms with Crippen molar-refractivity contribution in [2.45, 2.75) is 57.0 Å². The molecular formula is C12H20N2OS. The second-order valence-corrected chi connectivity index (χ2v) is 6.92. The molecule has 0 aliphatic heterocycles. The zero-order chi connectivity index (χ0) is 11.7. The molecule has 0 spiro atoms. The molecule has 2 atom stereocenters. The van der Waals surface area contributed by atoms with Crippen LogP contribution in [0.3, 0.4) is 0 Å². The predicted molar refractivity (Wildman–Crippen MR) is 66.6 cm³/mol. The Morgan fingerprint density at radius 3 is 2.44 bits per heavy atom. The summed E-state index contributed by atoms with van der Waals surface area (Å²) in [7, 11) is 0. The Bertz CT molecular complexity index is 349. The number of nitrogens with zero attached hydrogens (tertiary/aromatic N) is 2. The van der Waals surface area contributed by atoms with E-state index in [2.05, 4.69) is 38.0 Å². The molecule has 1 aromatic rings. The first-order chi connectivity index (χ1) is 7.59. The molecule has 0 N–H and O–H groups in total. The lowest BCUT2D eigenvalue weighted by molar-refractivity contribution is 0.296. The van der Waals surface area contributed by atoms with Crippen LogP contribution in [-0.4, -0.2) is 15.6 Å². The molecule has 4 heteroatoms. The molecule has 0 saturated heterocycles. The van der Waals surface area contributed by atoms with Gasteiger partial charge in [-0.05, 0) is 24.0 Å². The van der Waals surface area contributed by atoms with Gasteiger partial charge in [-0.3, -0.25) is 0 Å². The van der Waals surface area contributed by atoms with E-state index in [9.17, 15) is 0 Å². The Balaban J connectivity index is 2.22. The van der Waals surface area contributed by atoms with Gasteiger partial charge in [0.15, 0.2) is 0 Å². The summed E-state index contributed by atoms with van der Waals surface area (Å²) in [6.07, 6.45) is 2.41. The predicted octanol–water partition coefficient (Wildman–Crippen LogP) is 3.79. The SMILES string of the molecule is CC(C)SC1CCC(C(C)C)c2nonc21. The van der Waals surface area contributed by atoms with Crippen LogP contribution in [0.2, 0.25) is 0 Å². The van der Waals surface area contributed by atoms with E-state index in [1.54, 1.807) is 0 Å². The molecule has 0 radical (unpaired) electrons. The fourth-order valence-corrected chi connectivity index (χ4v) is 3.62. The Morgan fingerprint density at radius 1 is 1.12 bits per heavy atom. The highest BCUT2D eigenvalue weighted by Gasteiger charge is 2.34. The molecule has 2 unspecified atom stereocenters. The van der Waals surface area contributed by atoms with Gasteiger partial charge in [-0.15, -0.1) is 11.8 Å². The molecule has 1 aliphatic carbocycles. The molecular weight excluding hydrogens is 220 g/mol. The van der Waals surface area contributed by atoms with E-state index in [-0.39, 0.29) is 0 Å². The van der Waals surface area contributed by atoms with Gasteiger partial charge in [0.25, 0.3) is 0 Å². The van der Waals surface area contributed by atoms with Crippen LogP contribution in [0.4, 0.5) is 0 Å². The Labute approximate surface area is 101 Å². The molecule has 16 heavy (non-hydrogen) atoms. The van der Waals surface area contributed by atoms with E-state index in [1.165, 1.54) is 12.8 Å². The number of hydrogen-bond acceptors (Lipinski definition) is 4. The summed E-state index contributed by atoms with van der Waals surface area (Å²) in [6, 6.07) is 0. The third-order valence-corrected chi connectivity index (χ3v) is 4.51. The van der Waals surface area contributed by atoms with E-state index in [0.717, 1.165) is 11.4 Å². The zero-order valence-corrected chi connectivity index (χ0v) is 11.3. The van der Waals surface area contributed by atoms with Crippen LogP contribution in [0.15, 0.2) is 4.63 Å². The number of hydrogen-bond donors (Lipinski definition) is 0. The summed E-state index contributed by atoms with van der Waals surface area (Å²) in [5.41, 5.74) is 2.21. The van der Waals surface area contributed by atoms with E-state index in [4.69, 9.17) is 4.63 Å². The highest BCUT2D eigenvalue weighted by molar-refractivity contribution is 8.00. The van der Waals surface area contributed by atoms with Gasteiger partial charge in [-0.25, -0.2) is 4.63 Å². The highest BCUT2D eigenvalue weighted by Crippen LogP contribution is 2.46. The van der Waals surface area contributed by atoms with E-state index in [0.29, 0.717) is 22.3 Å². The van der Waals surface area contributed by atoms with Crippen molar-refractivity contribution in [1.29, 1.82) is 0 Å². The van der Waals surface area contributed by atoms with Gasteiger partial charge in [0.2, 0.25) is 0 Å². The van der Waals surface area contributed by atoms with Gasteiger partial charge in [-0.2, -0.15) is 0 Å². The highest BCUT2D eigenvalue weighted by atomic mass is 32.2. The van der Waals surface area contributed by atoms with E-state index < -0.39 is 0 Å². The lowest BCUT2D eigenvalue weighted by atomic mass is 9.82. The van der Waals surface area contributed by atoms with Crippen molar-refractivity contribution in [2.75, 3.05) is 0 Å². The van der Waals surface area contributed by atoms with Gasteiger partial charge in [0.1, 0.15) is 11.4 Å². The molecule has 0 saturated carbocycles. The molecule has 1 aliphatic rings. The minimum atomic E-state index is 0.483. The molecule has 3 nitrogen and oxygen atoms in total. The summed E-state index contributed by atoms with van der Waals surface area (Å²) in [4.78, 5) is 0. The van der Waals surface area contributed by atoms with Crippen LogP contribution in [0.5, 0.6) is 0 Å². The summed E-state index contributed by atoms with van der Waals surface area (Å²) in [5, 5.41) is 9.35. The number of aromatic nitrogens is 2. The average molecular weight is 240 g/mol. The first-order valence-electron chi connectivity index (χ1n) is 6.07. The lowest BCUT2D eigenvalue weighted by Gasteiger charge is -2.28. The molecule has 90 valence electrons. The summed E-state index contributed by atoms with van der Waals surface area (Å²) >= 11 is 1.97. The third-order valence-electron chi connectivity index (χ3n) is 3.18. The molecule has 2 rings (SSSR count). The average Bonchev–Trinajstić information content (AvgIpc) is 2.65. The molecule has 0 aromatic carbocycles. The van der Waals surface area contributed by atoms with Crippen LogP contribution in [0.1, 0.15) is 63.1 Å². The minimum absolute atomic E-state index is 0.483. The van der Waals surface area contributed by atoms with Crippen molar-refractivity contribution in [3.8, 4) is 0 Å². The molecule has 0 fully saturated rings. The number of fused-ring (bicyclic) bond motifs is 1. The monoisotopic (exact) mass is 240 g/mol. The molecule has 1 aromatic heterocycles. The first-order valence-corrected chi connectivity index (χ1v) is 7.01. The maximum absolute atomic E-state index is 4.95. The van der Waals surface area contributed by atoms with Gasteiger partial charge < -0.3 is 0 Å². The van der Waals surface area contributed by atoms with Crippen LogP contribution in [0, 0.1) is 5.92 Å². The normalized spacial score (nSPS) is 25.1. The van der Waals surface area contributed by atoms with Gasteiger partial charge in [-0.1, -0.05) is 38.0 Å². The summed E-state index contributed by atoms with van der Waals surface area (Å²) < 4.78 is 4.95. The van der Waals surface area contributed by atoms with Crippen molar-refractivity contribution in [3.63, 3.8) is 0 Å². The number of rotatable bonds is 3. The lowest BCUT2D eigenvalue weighted by Crippen LogP contribution is -2.17. The maximum atomic E-state index is 4.95. The Hall–Kier alpha value is -0.510. The minimum Gasteiger partial charge on any atom is -0.244 e. The topological polar surface area (TPSA) is 38.9 Å². The fourth-order valence-electron chi connectivity index (χ4n) is 2.40. The van der Waals surface area contributed by atoms with Crippen molar-refractivity contribution >= 4 is 11.8 Å². The van der Waals surface area contributed by atoms with Crippen LogP contribution in [-0.2, 0) is 0 Å². The summed E-state index contributed by atoms with van der Waals surface area (Å²) in [5.74, 6) is 1.15. The van der Waals surface area contributed by atoms with Crippen molar-refractivity contribution in [1.82, 2.24) is 10.3 Å².